The molecule has 1 N–H and O–H groups in total. The number of alkyl halides is 3. The van der Waals surface area contributed by atoms with Crippen molar-refractivity contribution in [3.8, 4) is 0 Å². The highest BCUT2D eigenvalue weighted by molar-refractivity contribution is 8.00. The number of nitrogens with zero attached hydrogens (tertiary/aromatic N) is 2. The molecule has 5 nitrogen and oxygen atoms in total. The largest absolute Gasteiger partial charge is 0.417 e. The van der Waals surface area contributed by atoms with Crippen molar-refractivity contribution in [2.24, 2.45) is 0 Å². The number of fused-ring (bicyclic) bond motifs is 1. The molecular weight excluding hydrogens is 391 g/mol. The smallest absolute Gasteiger partial charge is 0.322 e. The number of nitrogens with one attached hydrogen (secondary N) is 1. The number of hydrogen-bond acceptors (Lipinski definition) is 4. The highest BCUT2D eigenvalue weighted by Gasteiger charge is 2.44. The zero-order valence-corrected chi connectivity index (χ0v) is 16.2. The van der Waals surface area contributed by atoms with Crippen LogP contribution in [0.3, 0.4) is 0 Å². The fourth-order valence-electron chi connectivity index (χ4n) is 2.88. The van der Waals surface area contributed by atoms with E-state index in [4.69, 9.17) is 0 Å². The second-order valence-corrected chi connectivity index (χ2v) is 8.21. The second-order valence-electron chi connectivity index (χ2n) is 6.85. The van der Waals surface area contributed by atoms with Gasteiger partial charge < -0.3 is 5.32 Å². The van der Waals surface area contributed by atoms with E-state index in [1.807, 2.05) is 0 Å². The molecule has 148 valence electrons. The standard InChI is InChI=1S/C19H18F3N3O2S/c1-11(28-15-9-8-12(10-23-15)19(20,21)22)16(26)25-14-7-5-4-6-13(14)24-17(27)18(25,2)3/h4-11H,1-3H3,(H,24,27). The second kappa shape index (κ2) is 7.12. The van der Waals surface area contributed by atoms with Crippen molar-refractivity contribution in [1.29, 1.82) is 0 Å². The number of para-hydroxylation sites is 2. The molecule has 2 aromatic rings. The fraction of sp³-hybridized carbons (Fsp3) is 0.316. The molecule has 1 aliphatic heterocycles. The molecule has 2 heterocycles. The van der Waals surface area contributed by atoms with Gasteiger partial charge in [-0.15, -0.1) is 0 Å². The monoisotopic (exact) mass is 409 g/mol. The van der Waals surface area contributed by atoms with Crippen molar-refractivity contribution in [3.05, 3.63) is 48.2 Å². The van der Waals surface area contributed by atoms with Gasteiger partial charge in [0.25, 0.3) is 0 Å². The van der Waals surface area contributed by atoms with Crippen LogP contribution in [0.5, 0.6) is 0 Å². The molecule has 2 amide bonds. The first kappa shape index (κ1) is 20.2. The molecule has 0 spiro atoms. The van der Waals surface area contributed by atoms with E-state index in [0.717, 1.165) is 24.0 Å². The van der Waals surface area contributed by atoms with Crippen LogP contribution in [0.4, 0.5) is 24.5 Å². The van der Waals surface area contributed by atoms with Crippen molar-refractivity contribution in [2.75, 3.05) is 10.2 Å². The zero-order valence-electron chi connectivity index (χ0n) is 15.4. The summed E-state index contributed by atoms with van der Waals surface area (Å²) < 4.78 is 38.0. The fourth-order valence-corrected chi connectivity index (χ4v) is 3.71. The van der Waals surface area contributed by atoms with Crippen LogP contribution in [0, 0.1) is 0 Å². The summed E-state index contributed by atoms with van der Waals surface area (Å²) in [5.74, 6) is -0.650. The number of halogens is 3. The molecule has 1 aromatic carbocycles. The molecule has 0 fully saturated rings. The van der Waals surface area contributed by atoms with Gasteiger partial charge in [-0.25, -0.2) is 4.98 Å². The topological polar surface area (TPSA) is 62.3 Å². The van der Waals surface area contributed by atoms with E-state index in [-0.39, 0.29) is 11.8 Å². The number of pyridine rings is 1. The highest BCUT2D eigenvalue weighted by Crippen LogP contribution is 2.38. The van der Waals surface area contributed by atoms with E-state index in [0.29, 0.717) is 16.4 Å². The lowest BCUT2D eigenvalue weighted by atomic mass is 9.96. The third-order valence-electron chi connectivity index (χ3n) is 4.44. The van der Waals surface area contributed by atoms with Crippen LogP contribution in [-0.4, -0.2) is 27.6 Å². The summed E-state index contributed by atoms with van der Waals surface area (Å²) in [5.41, 5.74) is -0.859. The van der Waals surface area contributed by atoms with Crippen molar-refractivity contribution in [1.82, 2.24) is 4.98 Å². The number of carbonyl (C=O) groups is 2. The first-order valence-electron chi connectivity index (χ1n) is 8.46. The molecule has 1 atom stereocenters. The van der Waals surface area contributed by atoms with Crippen molar-refractivity contribution in [3.63, 3.8) is 0 Å². The van der Waals surface area contributed by atoms with Crippen LogP contribution in [0.25, 0.3) is 0 Å². The summed E-state index contributed by atoms with van der Waals surface area (Å²) in [4.78, 5) is 30.9. The average Bonchev–Trinajstić information content (AvgIpc) is 2.62. The van der Waals surface area contributed by atoms with E-state index in [1.54, 1.807) is 45.0 Å². The Labute approximate surface area is 164 Å². The van der Waals surface area contributed by atoms with Gasteiger partial charge in [0, 0.05) is 6.20 Å². The number of carbonyl (C=O) groups excluding carboxylic acids is 2. The maximum Gasteiger partial charge on any atom is 0.417 e. The summed E-state index contributed by atoms with van der Waals surface area (Å²) in [6.45, 7) is 4.92. The van der Waals surface area contributed by atoms with Crippen LogP contribution in [0.1, 0.15) is 26.3 Å². The minimum Gasteiger partial charge on any atom is -0.322 e. The summed E-state index contributed by atoms with van der Waals surface area (Å²) in [6.07, 6.45) is -3.72. The Hall–Kier alpha value is -2.55. The molecule has 0 bridgehead atoms. The average molecular weight is 409 g/mol. The molecule has 3 rings (SSSR count). The van der Waals surface area contributed by atoms with Gasteiger partial charge in [-0.2, -0.15) is 13.2 Å². The minimum absolute atomic E-state index is 0.293. The summed E-state index contributed by atoms with van der Waals surface area (Å²) in [5, 5.41) is 2.41. The number of benzene rings is 1. The van der Waals surface area contributed by atoms with E-state index < -0.39 is 22.5 Å². The van der Waals surface area contributed by atoms with E-state index in [1.165, 1.54) is 11.0 Å². The van der Waals surface area contributed by atoms with Gasteiger partial charge in [0.2, 0.25) is 11.8 Å². The Morgan fingerprint density at radius 3 is 2.50 bits per heavy atom. The van der Waals surface area contributed by atoms with Gasteiger partial charge >= 0.3 is 6.18 Å². The third-order valence-corrected chi connectivity index (χ3v) is 5.48. The van der Waals surface area contributed by atoms with Gasteiger partial charge in [0.05, 0.1) is 27.2 Å². The summed E-state index contributed by atoms with van der Waals surface area (Å²) >= 11 is 1.04. The van der Waals surface area contributed by atoms with Gasteiger partial charge in [-0.05, 0) is 45.0 Å². The minimum atomic E-state index is -4.47. The molecule has 9 heteroatoms. The number of aromatic nitrogens is 1. The quantitative estimate of drug-likeness (QED) is 0.766. The van der Waals surface area contributed by atoms with Crippen LogP contribution in [-0.2, 0) is 15.8 Å². The van der Waals surface area contributed by atoms with Crippen LogP contribution in [0.2, 0.25) is 0 Å². The molecule has 0 aliphatic carbocycles. The van der Waals surface area contributed by atoms with Crippen LogP contribution < -0.4 is 10.2 Å². The maximum atomic E-state index is 13.2. The lowest BCUT2D eigenvalue weighted by Crippen LogP contribution is -2.60. The lowest BCUT2D eigenvalue weighted by Gasteiger charge is -2.43. The Morgan fingerprint density at radius 2 is 1.89 bits per heavy atom. The molecule has 28 heavy (non-hydrogen) atoms. The summed E-state index contributed by atoms with van der Waals surface area (Å²) in [7, 11) is 0. The van der Waals surface area contributed by atoms with Crippen LogP contribution in [0.15, 0.2) is 47.6 Å². The molecular formula is C19H18F3N3O2S. The number of anilines is 2. The van der Waals surface area contributed by atoms with Crippen molar-refractivity contribution >= 4 is 35.0 Å². The predicted molar refractivity (Wildman–Crippen MR) is 101 cm³/mol. The Bertz CT molecular complexity index is 913. The predicted octanol–water partition coefficient (Wildman–Crippen LogP) is 4.34. The number of amides is 2. The van der Waals surface area contributed by atoms with Crippen molar-refractivity contribution in [2.45, 2.75) is 42.8 Å². The van der Waals surface area contributed by atoms with Crippen molar-refractivity contribution < 1.29 is 22.8 Å². The Kier molecular flexibility index (Phi) is 5.14. The van der Waals surface area contributed by atoms with E-state index in [9.17, 15) is 22.8 Å². The molecule has 0 saturated heterocycles. The van der Waals surface area contributed by atoms with E-state index in [2.05, 4.69) is 10.3 Å². The number of hydrogen-bond donors (Lipinski definition) is 1. The molecule has 1 aliphatic rings. The zero-order chi connectivity index (χ0) is 20.7. The number of thioether (sulfide) groups is 1. The number of rotatable bonds is 3. The van der Waals surface area contributed by atoms with Gasteiger partial charge in [0.15, 0.2) is 0 Å². The first-order chi connectivity index (χ1) is 13.0. The van der Waals surface area contributed by atoms with Gasteiger partial charge in [-0.3, -0.25) is 14.5 Å². The van der Waals surface area contributed by atoms with Crippen LogP contribution >= 0.6 is 11.8 Å². The highest BCUT2D eigenvalue weighted by atomic mass is 32.2. The molecule has 0 saturated carbocycles. The summed E-state index contributed by atoms with van der Waals surface area (Å²) in [6, 6.07) is 9.13. The Balaban J connectivity index is 1.85. The van der Waals surface area contributed by atoms with E-state index >= 15 is 0 Å². The molecule has 0 radical (unpaired) electrons. The molecule has 1 aromatic heterocycles. The van der Waals surface area contributed by atoms with Gasteiger partial charge in [0.1, 0.15) is 5.54 Å². The SMILES string of the molecule is CC(Sc1ccc(C(F)(F)F)cn1)C(=O)N1c2ccccc2NC(=O)C1(C)C. The normalized spacial score (nSPS) is 16.9. The molecule has 1 unspecified atom stereocenters. The third kappa shape index (κ3) is 3.71. The van der Waals surface area contributed by atoms with Gasteiger partial charge in [-0.1, -0.05) is 23.9 Å². The Morgan fingerprint density at radius 1 is 1.21 bits per heavy atom. The lowest BCUT2D eigenvalue weighted by molar-refractivity contribution is -0.137. The maximum absolute atomic E-state index is 13.2. The first-order valence-corrected chi connectivity index (χ1v) is 9.34.